The Kier molecular flexibility index (Phi) is 2.52. The number of aromatic amines is 1. The van der Waals surface area contributed by atoms with Crippen LogP contribution in [0.25, 0.3) is 11.0 Å². The van der Waals surface area contributed by atoms with Gasteiger partial charge in [0.2, 0.25) is 0 Å². The highest BCUT2D eigenvalue weighted by Crippen LogP contribution is 2.22. The van der Waals surface area contributed by atoms with Crippen LogP contribution in [0.2, 0.25) is 0 Å². The van der Waals surface area contributed by atoms with Crippen molar-refractivity contribution in [2.24, 2.45) is 0 Å². The van der Waals surface area contributed by atoms with E-state index in [0.717, 1.165) is 30.5 Å². The summed E-state index contributed by atoms with van der Waals surface area (Å²) in [5.74, 6) is 0. The highest BCUT2D eigenvalue weighted by molar-refractivity contribution is 5.76. The third kappa shape index (κ3) is 1.78. The summed E-state index contributed by atoms with van der Waals surface area (Å²) in [4.78, 5) is 14.9. The number of nitrogens with zero attached hydrogens (tertiary/aromatic N) is 1. The molecular weight excluding hydrogens is 216 g/mol. The number of benzene rings is 1. The number of nitrogens with one attached hydrogen (secondary N) is 1. The molecule has 2 heterocycles. The first-order valence-electron chi connectivity index (χ1n) is 6.04. The zero-order valence-electron chi connectivity index (χ0n) is 9.90. The molecule has 0 saturated carbocycles. The lowest BCUT2D eigenvalue weighted by atomic mass is 10.1. The molecule has 2 aromatic rings. The Morgan fingerprint density at radius 3 is 3.12 bits per heavy atom. The number of rotatable bonds is 1. The molecule has 0 spiro atoms. The summed E-state index contributed by atoms with van der Waals surface area (Å²) >= 11 is 0. The average Bonchev–Trinajstić information content (AvgIpc) is 2.65. The smallest absolute Gasteiger partial charge is 0.326 e. The number of H-pyrrole nitrogens is 1. The second-order valence-corrected chi connectivity index (χ2v) is 4.69. The molecule has 0 radical (unpaired) electrons. The Bertz CT molecular complexity index is 591. The van der Waals surface area contributed by atoms with E-state index >= 15 is 0 Å². The molecule has 0 aliphatic carbocycles. The molecule has 0 bridgehead atoms. The van der Waals surface area contributed by atoms with Crippen LogP contribution in [0.3, 0.4) is 0 Å². The molecule has 1 atom stereocenters. The number of aryl methyl sites for hydroxylation is 1. The van der Waals surface area contributed by atoms with Gasteiger partial charge in [-0.15, -0.1) is 0 Å². The summed E-state index contributed by atoms with van der Waals surface area (Å²) in [7, 11) is 0. The van der Waals surface area contributed by atoms with Crippen molar-refractivity contribution in [2.45, 2.75) is 25.8 Å². The van der Waals surface area contributed by atoms with Crippen LogP contribution in [0.5, 0.6) is 0 Å². The number of ether oxygens (including phenoxy) is 1. The Labute approximate surface area is 99.2 Å². The first-order valence-corrected chi connectivity index (χ1v) is 6.04. The topological polar surface area (TPSA) is 47.0 Å². The van der Waals surface area contributed by atoms with Gasteiger partial charge in [0, 0.05) is 6.61 Å². The molecule has 4 nitrogen and oxygen atoms in total. The van der Waals surface area contributed by atoms with Crippen LogP contribution in [0.1, 0.15) is 24.4 Å². The van der Waals surface area contributed by atoms with Crippen molar-refractivity contribution in [1.82, 2.24) is 9.55 Å². The third-order valence-electron chi connectivity index (χ3n) is 3.37. The SMILES string of the molecule is Cc1ccc2[nH]c(=O)n(C3CCCOC3)c2c1. The number of aromatic nitrogens is 2. The standard InChI is InChI=1S/C13H16N2O2/c1-9-4-5-11-12(7-9)15(13(16)14-11)10-3-2-6-17-8-10/h4-5,7,10H,2-3,6,8H2,1H3,(H,14,16). The number of imidazole rings is 1. The van der Waals surface area contributed by atoms with Gasteiger partial charge >= 0.3 is 5.69 Å². The average molecular weight is 232 g/mol. The van der Waals surface area contributed by atoms with Gasteiger partial charge in [-0.25, -0.2) is 4.79 Å². The molecule has 4 heteroatoms. The molecule has 0 amide bonds. The van der Waals surface area contributed by atoms with E-state index in [1.807, 2.05) is 23.6 Å². The summed E-state index contributed by atoms with van der Waals surface area (Å²) in [6, 6.07) is 6.21. The molecule has 1 aliphatic rings. The van der Waals surface area contributed by atoms with E-state index in [0.29, 0.717) is 6.61 Å². The molecule has 1 fully saturated rings. The minimum absolute atomic E-state index is 0.0268. The quantitative estimate of drug-likeness (QED) is 0.817. The molecular formula is C13H16N2O2. The Morgan fingerprint density at radius 1 is 1.47 bits per heavy atom. The highest BCUT2D eigenvalue weighted by atomic mass is 16.5. The first-order chi connectivity index (χ1) is 8.25. The zero-order valence-corrected chi connectivity index (χ0v) is 9.90. The van der Waals surface area contributed by atoms with Crippen LogP contribution in [0, 0.1) is 6.92 Å². The molecule has 1 saturated heterocycles. The van der Waals surface area contributed by atoms with Crippen molar-refractivity contribution in [3.8, 4) is 0 Å². The maximum absolute atomic E-state index is 12.0. The normalized spacial score (nSPS) is 20.9. The van der Waals surface area contributed by atoms with Gasteiger partial charge in [-0.05, 0) is 37.5 Å². The summed E-state index contributed by atoms with van der Waals surface area (Å²) in [6.45, 7) is 3.49. The second-order valence-electron chi connectivity index (χ2n) is 4.69. The number of fused-ring (bicyclic) bond motifs is 1. The maximum atomic E-state index is 12.0. The fraction of sp³-hybridized carbons (Fsp3) is 0.462. The van der Waals surface area contributed by atoms with E-state index < -0.39 is 0 Å². The second kappa shape index (κ2) is 4.04. The lowest BCUT2D eigenvalue weighted by Crippen LogP contribution is -2.28. The molecule has 1 unspecified atom stereocenters. The van der Waals surface area contributed by atoms with Gasteiger partial charge in [-0.3, -0.25) is 4.57 Å². The van der Waals surface area contributed by atoms with Crippen LogP contribution in [-0.2, 0) is 4.74 Å². The van der Waals surface area contributed by atoms with Crippen molar-refractivity contribution in [3.05, 3.63) is 34.2 Å². The molecule has 1 aliphatic heterocycles. The van der Waals surface area contributed by atoms with Crippen molar-refractivity contribution in [2.75, 3.05) is 13.2 Å². The van der Waals surface area contributed by atoms with Gasteiger partial charge < -0.3 is 9.72 Å². The predicted octanol–water partition coefficient (Wildman–Crippen LogP) is 1.99. The van der Waals surface area contributed by atoms with Gasteiger partial charge in [0.05, 0.1) is 23.7 Å². The van der Waals surface area contributed by atoms with Crippen molar-refractivity contribution in [1.29, 1.82) is 0 Å². The fourth-order valence-electron chi connectivity index (χ4n) is 2.52. The van der Waals surface area contributed by atoms with Crippen LogP contribution in [0.4, 0.5) is 0 Å². The Hall–Kier alpha value is -1.55. The highest BCUT2D eigenvalue weighted by Gasteiger charge is 2.20. The molecule has 17 heavy (non-hydrogen) atoms. The Morgan fingerprint density at radius 2 is 2.35 bits per heavy atom. The van der Waals surface area contributed by atoms with Crippen LogP contribution >= 0.6 is 0 Å². The minimum Gasteiger partial charge on any atom is -0.379 e. The zero-order chi connectivity index (χ0) is 11.8. The van der Waals surface area contributed by atoms with Crippen molar-refractivity contribution >= 4 is 11.0 Å². The lowest BCUT2D eigenvalue weighted by Gasteiger charge is -2.23. The van der Waals surface area contributed by atoms with Crippen LogP contribution in [0.15, 0.2) is 23.0 Å². The fourth-order valence-corrected chi connectivity index (χ4v) is 2.52. The summed E-state index contributed by atoms with van der Waals surface area (Å²) in [5, 5.41) is 0. The number of hydrogen-bond acceptors (Lipinski definition) is 2. The molecule has 1 aromatic heterocycles. The lowest BCUT2D eigenvalue weighted by molar-refractivity contribution is 0.0595. The monoisotopic (exact) mass is 232 g/mol. The van der Waals surface area contributed by atoms with Gasteiger partial charge in [-0.1, -0.05) is 6.07 Å². The van der Waals surface area contributed by atoms with E-state index in [2.05, 4.69) is 11.1 Å². The van der Waals surface area contributed by atoms with E-state index in [-0.39, 0.29) is 11.7 Å². The maximum Gasteiger partial charge on any atom is 0.326 e. The van der Waals surface area contributed by atoms with Gasteiger partial charge in [0.15, 0.2) is 0 Å². The molecule has 1 N–H and O–H groups in total. The van der Waals surface area contributed by atoms with E-state index in [1.54, 1.807) is 0 Å². The van der Waals surface area contributed by atoms with Gasteiger partial charge in [0.25, 0.3) is 0 Å². The molecule has 90 valence electrons. The van der Waals surface area contributed by atoms with E-state index in [9.17, 15) is 4.79 Å². The molecule has 3 rings (SSSR count). The summed E-state index contributed by atoms with van der Waals surface area (Å²) < 4.78 is 7.32. The number of hydrogen-bond donors (Lipinski definition) is 1. The largest absolute Gasteiger partial charge is 0.379 e. The van der Waals surface area contributed by atoms with Gasteiger partial charge in [0.1, 0.15) is 0 Å². The summed E-state index contributed by atoms with van der Waals surface area (Å²) in [5.41, 5.74) is 3.04. The van der Waals surface area contributed by atoms with Gasteiger partial charge in [-0.2, -0.15) is 0 Å². The van der Waals surface area contributed by atoms with E-state index in [4.69, 9.17) is 4.74 Å². The van der Waals surface area contributed by atoms with Crippen molar-refractivity contribution in [3.63, 3.8) is 0 Å². The predicted molar refractivity (Wildman–Crippen MR) is 66.4 cm³/mol. The first kappa shape index (κ1) is 10.6. The van der Waals surface area contributed by atoms with E-state index in [1.165, 1.54) is 5.56 Å². The van der Waals surface area contributed by atoms with Crippen molar-refractivity contribution < 1.29 is 4.74 Å². The molecule has 1 aromatic carbocycles. The summed E-state index contributed by atoms with van der Waals surface area (Å²) in [6.07, 6.45) is 2.04. The van der Waals surface area contributed by atoms with Crippen LogP contribution in [-0.4, -0.2) is 22.8 Å². The Balaban J connectivity index is 2.16. The third-order valence-corrected chi connectivity index (χ3v) is 3.37. The minimum atomic E-state index is -0.0268. The van der Waals surface area contributed by atoms with Crippen LogP contribution < -0.4 is 5.69 Å².